The first-order valence-electron chi connectivity index (χ1n) is 8.66. The van der Waals surface area contributed by atoms with E-state index < -0.39 is 5.82 Å². The van der Waals surface area contributed by atoms with Crippen LogP contribution in [0.3, 0.4) is 0 Å². The molecular weight excluding hydrogens is 307 g/mol. The van der Waals surface area contributed by atoms with E-state index in [1.165, 1.54) is 30.5 Å². The molecule has 2 atom stereocenters. The van der Waals surface area contributed by atoms with Gasteiger partial charge < -0.3 is 10.6 Å². The zero-order valence-electron chi connectivity index (χ0n) is 13.7. The molecule has 24 heavy (non-hydrogen) atoms. The van der Waals surface area contributed by atoms with Crippen LogP contribution in [0.1, 0.15) is 38.5 Å². The Morgan fingerprint density at radius 2 is 1.92 bits per heavy atom. The number of carbonyl (C=O) groups is 2. The number of hydrogen-bond acceptors (Lipinski definition) is 2. The maximum absolute atomic E-state index is 13.5. The lowest BCUT2D eigenvalue weighted by atomic mass is 9.97. The first-order chi connectivity index (χ1) is 11.6. The molecule has 0 aliphatic heterocycles. The van der Waals surface area contributed by atoms with Gasteiger partial charge in [0.1, 0.15) is 5.82 Å². The van der Waals surface area contributed by atoms with Crippen LogP contribution in [0.15, 0.2) is 35.9 Å². The highest BCUT2D eigenvalue weighted by molar-refractivity contribution is 5.99. The van der Waals surface area contributed by atoms with Crippen LogP contribution in [-0.4, -0.2) is 18.4 Å². The highest BCUT2D eigenvalue weighted by Crippen LogP contribution is 2.39. The van der Waals surface area contributed by atoms with Crippen LogP contribution in [0.5, 0.6) is 0 Å². The molecular formula is C19H23FN2O2. The number of amides is 2. The fourth-order valence-corrected chi connectivity index (χ4v) is 3.17. The summed E-state index contributed by atoms with van der Waals surface area (Å²) in [5.41, 5.74) is 1.59. The van der Waals surface area contributed by atoms with Gasteiger partial charge in [0.2, 0.25) is 11.8 Å². The molecule has 4 nitrogen and oxygen atoms in total. The van der Waals surface area contributed by atoms with Crippen molar-refractivity contribution in [3.63, 3.8) is 0 Å². The van der Waals surface area contributed by atoms with Gasteiger partial charge in [-0.05, 0) is 50.7 Å². The molecule has 1 fully saturated rings. The van der Waals surface area contributed by atoms with E-state index in [0.29, 0.717) is 13.0 Å². The van der Waals surface area contributed by atoms with Crippen molar-refractivity contribution >= 4 is 17.5 Å². The van der Waals surface area contributed by atoms with E-state index in [1.807, 2.05) is 0 Å². The quantitative estimate of drug-likeness (QED) is 0.785. The van der Waals surface area contributed by atoms with Crippen LogP contribution in [0.4, 0.5) is 10.1 Å². The molecule has 1 saturated carbocycles. The number of hydrogen-bond donors (Lipinski definition) is 2. The van der Waals surface area contributed by atoms with E-state index in [-0.39, 0.29) is 29.3 Å². The third kappa shape index (κ3) is 4.22. The van der Waals surface area contributed by atoms with Gasteiger partial charge in [0.15, 0.2) is 0 Å². The monoisotopic (exact) mass is 330 g/mol. The molecule has 128 valence electrons. The summed E-state index contributed by atoms with van der Waals surface area (Å²) in [4.78, 5) is 24.2. The molecule has 0 heterocycles. The number of benzene rings is 1. The Morgan fingerprint density at radius 3 is 2.67 bits per heavy atom. The molecule has 2 aliphatic carbocycles. The number of halogens is 1. The maximum atomic E-state index is 13.5. The minimum Gasteiger partial charge on any atom is -0.356 e. The number of rotatable bonds is 6. The lowest BCUT2D eigenvalue weighted by molar-refractivity contribution is -0.125. The summed E-state index contributed by atoms with van der Waals surface area (Å²) in [6.45, 7) is 0.628. The van der Waals surface area contributed by atoms with Crippen molar-refractivity contribution in [2.45, 2.75) is 38.5 Å². The third-order valence-corrected chi connectivity index (χ3v) is 4.73. The molecule has 1 aromatic rings. The largest absolute Gasteiger partial charge is 0.356 e. The van der Waals surface area contributed by atoms with Gasteiger partial charge in [0, 0.05) is 6.54 Å². The lowest BCUT2D eigenvalue weighted by Gasteiger charge is -2.13. The van der Waals surface area contributed by atoms with E-state index in [9.17, 15) is 14.0 Å². The van der Waals surface area contributed by atoms with Crippen molar-refractivity contribution in [1.82, 2.24) is 5.32 Å². The second-order valence-corrected chi connectivity index (χ2v) is 6.57. The summed E-state index contributed by atoms with van der Waals surface area (Å²) in [7, 11) is 0. The Balaban J connectivity index is 1.41. The highest BCUT2D eigenvalue weighted by atomic mass is 19.1. The molecule has 2 unspecified atom stereocenters. The molecule has 2 amide bonds. The number of carbonyl (C=O) groups excluding carboxylic acids is 2. The van der Waals surface area contributed by atoms with Crippen molar-refractivity contribution in [3.8, 4) is 0 Å². The van der Waals surface area contributed by atoms with Crippen LogP contribution < -0.4 is 10.6 Å². The van der Waals surface area contributed by atoms with Crippen LogP contribution in [0.25, 0.3) is 0 Å². The molecule has 0 aromatic heterocycles. The van der Waals surface area contributed by atoms with Crippen molar-refractivity contribution in [2.75, 3.05) is 11.9 Å². The fraction of sp³-hybridized carbons (Fsp3) is 0.474. The second kappa shape index (κ2) is 7.60. The first kappa shape index (κ1) is 16.7. The number of anilines is 1. The molecule has 0 saturated heterocycles. The summed E-state index contributed by atoms with van der Waals surface area (Å²) in [5.74, 6) is -1.45. The predicted octanol–water partition coefficient (Wildman–Crippen LogP) is 3.41. The van der Waals surface area contributed by atoms with E-state index in [1.54, 1.807) is 12.1 Å². The van der Waals surface area contributed by atoms with E-state index >= 15 is 0 Å². The van der Waals surface area contributed by atoms with Gasteiger partial charge in [0.05, 0.1) is 17.5 Å². The smallest absolute Gasteiger partial charge is 0.228 e. The van der Waals surface area contributed by atoms with Gasteiger partial charge >= 0.3 is 0 Å². The first-order valence-corrected chi connectivity index (χ1v) is 8.66. The summed E-state index contributed by atoms with van der Waals surface area (Å²) in [5, 5.41) is 5.48. The second-order valence-electron chi connectivity index (χ2n) is 6.57. The average molecular weight is 330 g/mol. The third-order valence-electron chi connectivity index (χ3n) is 4.73. The number of nitrogens with one attached hydrogen (secondary N) is 2. The number of allylic oxidation sites excluding steroid dienone is 1. The van der Waals surface area contributed by atoms with Gasteiger partial charge in [-0.3, -0.25) is 9.59 Å². The SMILES string of the molecule is O=C(NCCC1=CCCCC1)C1CC1C(=O)Nc1ccccc1F. The van der Waals surface area contributed by atoms with Gasteiger partial charge in [0.25, 0.3) is 0 Å². The van der Waals surface area contributed by atoms with Crippen LogP contribution in [0.2, 0.25) is 0 Å². The minimum atomic E-state index is -0.465. The molecule has 0 spiro atoms. The predicted molar refractivity (Wildman–Crippen MR) is 90.8 cm³/mol. The molecule has 0 bridgehead atoms. The van der Waals surface area contributed by atoms with Crippen molar-refractivity contribution < 1.29 is 14.0 Å². The molecule has 0 radical (unpaired) electrons. The van der Waals surface area contributed by atoms with Gasteiger partial charge in [-0.2, -0.15) is 0 Å². The molecule has 3 rings (SSSR count). The van der Waals surface area contributed by atoms with Crippen molar-refractivity contribution in [2.24, 2.45) is 11.8 Å². The van der Waals surface area contributed by atoms with E-state index in [2.05, 4.69) is 16.7 Å². The van der Waals surface area contributed by atoms with E-state index in [4.69, 9.17) is 0 Å². The topological polar surface area (TPSA) is 58.2 Å². The number of para-hydroxylation sites is 1. The highest BCUT2D eigenvalue weighted by Gasteiger charge is 2.48. The lowest BCUT2D eigenvalue weighted by Crippen LogP contribution is -2.28. The Morgan fingerprint density at radius 1 is 1.12 bits per heavy atom. The molecule has 2 aliphatic rings. The zero-order valence-corrected chi connectivity index (χ0v) is 13.7. The molecule has 2 N–H and O–H groups in total. The molecule has 5 heteroatoms. The Bertz CT molecular complexity index is 657. The average Bonchev–Trinajstić information content (AvgIpc) is 3.39. The van der Waals surface area contributed by atoms with Crippen LogP contribution in [0, 0.1) is 17.7 Å². The fourth-order valence-electron chi connectivity index (χ4n) is 3.17. The van der Waals surface area contributed by atoms with Gasteiger partial charge in [-0.1, -0.05) is 23.8 Å². The Kier molecular flexibility index (Phi) is 5.28. The Labute approximate surface area is 141 Å². The van der Waals surface area contributed by atoms with Gasteiger partial charge in [-0.25, -0.2) is 4.39 Å². The summed E-state index contributed by atoms with van der Waals surface area (Å²) < 4.78 is 13.5. The van der Waals surface area contributed by atoms with Crippen molar-refractivity contribution in [1.29, 1.82) is 0 Å². The normalized spacial score (nSPS) is 22.5. The van der Waals surface area contributed by atoms with E-state index in [0.717, 1.165) is 19.3 Å². The van der Waals surface area contributed by atoms with Crippen LogP contribution in [-0.2, 0) is 9.59 Å². The maximum Gasteiger partial charge on any atom is 0.228 e. The Hall–Kier alpha value is -2.17. The molecule has 1 aromatic carbocycles. The zero-order chi connectivity index (χ0) is 16.9. The summed E-state index contributed by atoms with van der Waals surface area (Å²) in [6.07, 6.45) is 8.48. The standard InChI is InChI=1S/C19H23FN2O2/c20-16-8-4-5-9-17(16)22-19(24)15-12-14(15)18(23)21-11-10-13-6-2-1-3-7-13/h4-6,8-9,14-15H,1-3,7,10-12H2,(H,21,23)(H,22,24). The van der Waals surface area contributed by atoms with Gasteiger partial charge in [-0.15, -0.1) is 0 Å². The summed E-state index contributed by atoms with van der Waals surface area (Å²) >= 11 is 0. The minimum absolute atomic E-state index is 0.0694. The van der Waals surface area contributed by atoms with Crippen molar-refractivity contribution in [3.05, 3.63) is 41.7 Å². The summed E-state index contributed by atoms with van der Waals surface area (Å²) in [6, 6.07) is 6.05. The van der Waals surface area contributed by atoms with Crippen LogP contribution >= 0.6 is 0 Å².